The molecule has 0 unspecified atom stereocenters. The first-order chi connectivity index (χ1) is 7.84. The van der Waals surface area contributed by atoms with Crippen LogP contribution in [0.2, 0.25) is 0 Å². The number of benzene rings is 1. The van der Waals surface area contributed by atoms with Crippen LogP contribution in [0, 0.1) is 0 Å². The third kappa shape index (κ3) is 2.98. The van der Waals surface area contributed by atoms with Crippen molar-refractivity contribution >= 4 is 11.4 Å². The second kappa shape index (κ2) is 5.16. The van der Waals surface area contributed by atoms with Crippen LogP contribution >= 0.6 is 0 Å². The summed E-state index contributed by atoms with van der Waals surface area (Å²) < 4.78 is 1.82. The van der Waals surface area contributed by atoms with Crippen LogP contribution in [0.5, 0.6) is 0 Å². The molecule has 0 spiro atoms. The van der Waals surface area contributed by atoms with Gasteiger partial charge in [0.05, 0.1) is 6.20 Å². The third-order valence-electron chi connectivity index (χ3n) is 2.25. The molecule has 1 aromatic carbocycles. The summed E-state index contributed by atoms with van der Waals surface area (Å²) in [5, 5.41) is 10.9. The highest BCUT2D eigenvalue weighted by Crippen LogP contribution is 2.11. The number of hydrogen-bond donors (Lipinski definition) is 2. The van der Waals surface area contributed by atoms with Crippen LogP contribution in [-0.4, -0.2) is 21.5 Å². The van der Waals surface area contributed by atoms with Gasteiger partial charge in [-0.3, -0.25) is 4.68 Å². The predicted molar refractivity (Wildman–Crippen MR) is 64.0 cm³/mol. The molecule has 2 rings (SSSR count). The van der Waals surface area contributed by atoms with Gasteiger partial charge >= 0.3 is 0 Å². The molecule has 0 fully saturated rings. The Labute approximate surface area is 94.3 Å². The number of anilines is 2. The number of nitrogen functional groups attached to an aromatic ring is 1. The van der Waals surface area contributed by atoms with Gasteiger partial charge in [0, 0.05) is 30.7 Å². The summed E-state index contributed by atoms with van der Waals surface area (Å²) in [6.07, 6.45) is 4.55. The summed E-state index contributed by atoms with van der Waals surface area (Å²) in [7, 11) is 0. The van der Waals surface area contributed by atoms with E-state index in [2.05, 4.69) is 15.6 Å². The number of rotatable bonds is 5. The van der Waals surface area contributed by atoms with E-state index in [0.717, 1.165) is 30.9 Å². The number of nitrogens with one attached hydrogen (secondary N) is 1. The number of aromatic nitrogens is 3. The molecular formula is C11H15N5. The van der Waals surface area contributed by atoms with Gasteiger partial charge in [0.2, 0.25) is 0 Å². The lowest BCUT2D eigenvalue weighted by molar-refractivity contribution is 0.570. The van der Waals surface area contributed by atoms with Crippen LogP contribution < -0.4 is 11.1 Å². The van der Waals surface area contributed by atoms with E-state index in [9.17, 15) is 0 Å². The molecule has 0 aliphatic rings. The highest BCUT2D eigenvalue weighted by atomic mass is 15.4. The predicted octanol–water partition coefficient (Wildman–Crippen LogP) is 1.36. The average Bonchev–Trinajstić information content (AvgIpc) is 2.77. The van der Waals surface area contributed by atoms with Crippen LogP contribution in [0.3, 0.4) is 0 Å². The summed E-state index contributed by atoms with van der Waals surface area (Å²) in [6, 6.07) is 7.75. The maximum atomic E-state index is 5.68. The van der Waals surface area contributed by atoms with Crippen molar-refractivity contribution in [1.29, 1.82) is 0 Å². The minimum Gasteiger partial charge on any atom is -0.399 e. The quantitative estimate of drug-likeness (QED) is 0.586. The molecule has 0 saturated carbocycles. The zero-order valence-corrected chi connectivity index (χ0v) is 9.00. The standard InChI is InChI=1S/C11H15N5/c12-10-3-1-4-11(9-10)13-5-2-7-16-8-6-14-15-16/h1,3-4,6,8-9,13H,2,5,7,12H2. The first-order valence-electron chi connectivity index (χ1n) is 5.28. The third-order valence-corrected chi connectivity index (χ3v) is 2.25. The van der Waals surface area contributed by atoms with E-state index < -0.39 is 0 Å². The highest BCUT2D eigenvalue weighted by molar-refractivity contribution is 5.53. The van der Waals surface area contributed by atoms with E-state index in [4.69, 9.17) is 5.73 Å². The molecule has 5 heteroatoms. The van der Waals surface area contributed by atoms with E-state index in [-0.39, 0.29) is 0 Å². The maximum Gasteiger partial charge on any atom is 0.0692 e. The summed E-state index contributed by atoms with van der Waals surface area (Å²) in [5.41, 5.74) is 7.51. The minimum absolute atomic E-state index is 0.779. The molecule has 0 atom stereocenters. The fourth-order valence-corrected chi connectivity index (χ4v) is 1.47. The van der Waals surface area contributed by atoms with Crippen molar-refractivity contribution < 1.29 is 0 Å². The Morgan fingerprint density at radius 1 is 1.38 bits per heavy atom. The fourth-order valence-electron chi connectivity index (χ4n) is 1.47. The van der Waals surface area contributed by atoms with Gasteiger partial charge in [0.25, 0.3) is 0 Å². The molecule has 0 amide bonds. The normalized spacial score (nSPS) is 10.2. The van der Waals surface area contributed by atoms with Crippen molar-refractivity contribution in [2.45, 2.75) is 13.0 Å². The molecule has 1 heterocycles. The van der Waals surface area contributed by atoms with Gasteiger partial charge in [0.15, 0.2) is 0 Å². The molecule has 1 aromatic heterocycles. The number of hydrogen-bond acceptors (Lipinski definition) is 4. The minimum atomic E-state index is 0.779. The zero-order valence-electron chi connectivity index (χ0n) is 9.00. The van der Waals surface area contributed by atoms with Crippen molar-refractivity contribution in [3.8, 4) is 0 Å². The van der Waals surface area contributed by atoms with Gasteiger partial charge < -0.3 is 11.1 Å². The lowest BCUT2D eigenvalue weighted by Crippen LogP contribution is -2.07. The van der Waals surface area contributed by atoms with Gasteiger partial charge in [-0.1, -0.05) is 11.3 Å². The molecule has 16 heavy (non-hydrogen) atoms. The molecule has 0 bridgehead atoms. The highest BCUT2D eigenvalue weighted by Gasteiger charge is 1.94. The van der Waals surface area contributed by atoms with Crippen molar-refractivity contribution in [1.82, 2.24) is 15.0 Å². The molecule has 2 aromatic rings. The first kappa shape index (κ1) is 10.5. The summed E-state index contributed by atoms with van der Waals surface area (Å²) in [5.74, 6) is 0. The van der Waals surface area contributed by atoms with Crippen LogP contribution in [-0.2, 0) is 6.54 Å². The molecule has 0 aliphatic carbocycles. The Morgan fingerprint density at radius 3 is 3.06 bits per heavy atom. The van der Waals surface area contributed by atoms with Gasteiger partial charge in [-0.25, -0.2) is 0 Å². The number of aryl methyl sites for hydroxylation is 1. The van der Waals surface area contributed by atoms with Crippen molar-refractivity contribution in [3.63, 3.8) is 0 Å². The molecule has 0 radical (unpaired) electrons. The lowest BCUT2D eigenvalue weighted by Gasteiger charge is -2.06. The van der Waals surface area contributed by atoms with Crippen LogP contribution in [0.1, 0.15) is 6.42 Å². The van der Waals surface area contributed by atoms with E-state index in [1.54, 1.807) is 6.20 Å². The molecule has 5 nitrogen and oxygen atoms in total. The Balaban J connectivity index is 1.72. The SMILES string of the molecule is Nc1cccc(NCCCn2ccnn2)c1. The van der Waals surface area contributed by atoms with Gasteiger partial charge in [0.1, 0.15) is 0 Å². The van der Waals surface area contributed by atoms with Crippen LogP contribution in [0.25, 0.3) is 0 Å². The first-order valence-corrected chi connectivity index (χ1v) is 5.28. The second-order valence-electron chi connectivity index (χ2n) is 3.57. The average molecular weight is 217 g/mol. The van der Waals surface area contributed by atoms with Gasteiger partial charge in [-0.2, -0.15) is 0 Å². The number of nitrogens with zero attached hydrogens (tertiary/aromatic N) is 3. The topological polar surface area (TPSA) is 68.8 Å². The van der Waals surface area contributed by atoms with Crippen LogP contribution in [0.4, 0.5) is 11.4 Å². The Kier molecular flexibility index (Phi) is 3.38. The second-order valence-corrected chi connectivity index (χ2v) is 3.57. The van der Waals surface area contributed by atoms with Crippen LogP contribution in [0.15, 0.2) is 36.7 Å². The van der Waals surface area contributed by atoms with E-state index in [0.29, 0.717) is 0 Å². The fraction of sp³-hybridized carbons (Fsp3) is 0.273. The summed E-state index contributed by atoms with van der Waals surface area (Å²) in [4.78, 5) is 0. The largest absolute Gasteiger partial charge is 0.399 e. The Bertz CT molecular complexity index is 424. The van der Waals surface area contributed by atoms with E-state index >= 15 is 0 Å². The smallest absolute Gasteiger partial charge is 0.0692 e. The lowest BCUT2D eigenvalue weighted by atomic mass is 10.3. The van der Waals surface area contributed by atoms with Crippen molar-refractivity contribution in [3.05, 3.63) is 36.7 Å². The molecular weight excluding hydrogens is 202 g/mol. The monoisotopic (exact) mass is 217 g/mol. The molecule has 3 N–H and O–H groups in total. The molecule has 0 aliphatic heterocycles. The van der Waals surface area contributed by atoms with E-state index in [1.807, 2.05) is 35.1 Å². The molecule has 84 valence electrons. The Hall–Kier alpha value is -2.04. The van der Waals surface area contributed by atoms with E-state index in [1.165, 1.54) is 0 Å². The summed E-state index contributed by atoms with van der Waals surface area (Å²) in [6.45, 7) is 1.76. The van der Waals surface area contributed by atoms with Crippen molar-refractivity contribution in [2.75, 3.05) is 17.6 Å². The Morgan fingerprint density at radius 2 is 2.31 bits per heavy atom. The maximum absolute atomic E-state index is 5.68. The zero-order chi connectivity index (χ0) is 11.2. The molecule has 0 saturated heterocycles. The van der Waals surface area contributed by atoms with Gasteiger partial charge in [-0.15, -0.1) is 5.10 Å². The number of nitrogens with two attached hydrogens (primary N) is 1. The summed E-state index contributed by atoms with van der Waals surface area (Å²) >= 11 is 0. The van der Waals surface area contributed by atoms with Crippen molar-refractivity contribution in [2.24, 2.45) is 0 Å². The van der Waals surface area contributed by atoms with Gasteiger partial charge in [-0.05, 0) is 24.6 Å².